The number of aromatic nitrogens is 2. The fraction of sp³-hybridized carbons (Fsp3) is 0.250. The minimum atomic E-state index is -0.103. The number of nitrogens with one attached hydrogen (secondary N) is 1. The number of hydrogen-bond acceptors (Lipinski definition) is 8. The zero-order valence-corrected chi connectivity index (χ0v) is 18.4. The maximum absolute atomic E-state index is 12.4. The van der Waals surface area contributed by atoms with E-state index in [2.05, 4.69) is 15.3 Å². The molecule has 0 saturated carbocycles. The molecule has 29 heavy (non-hydrogen) atoms. The topological polar surface area (TPSA) is 73.3 Å². The van der Waals surface area contributed by atoms with Gasteiger partial charge in [-0.25, -0.2) is 9.97 Å². The van der Waals surface area contributed by atoms with Crippen molar-refractivity contribution in [2.75, 3.05) is 24.3 Å². The number of rotatable bonds is 8. The molecule has 0 aliphatic heterocycles. The second-order valence-electron chi connectivity index (χ2n) is 5.96. The number of ether oxygens (including phenoxy) is 2. The smallest absolute Gasteiger partial charge is 0.236 e. The molecular formula is C20H19N3O3S3. The molecule has 2 aromatic carbocycles. The third-order valence-electron chi connectivity index (χ3n) is 3.90. The molecule has 0 aliphatic carbocycles. The summed E-state index contributed by atoms with van der Waals surface area (Å²) < 4.78 is 13.9. The Morgan fingerprint density at radius 1 is 0.966 bits per heavy atom. The van der Waals surface area contributed by atoms with Gasteiger partial charge in [0.25, 0.3) is 0 Å². The van der Waals surface area contributed by atoms with Crippen molar-refractivity contribution in [1.29, 1.82) is 0 Å². The standard InChI is InChI=1S/C20H19N3O3S3/c1-3-25-12-5-7-14-16(9-12)28-19(21-14)23-18(24)11-27-20-22-15-8-6-13(26-4-2)10-17(15)29-20/h5-10H,3-4,11H2,1-2H3,(H,21,23,24). The molecule has 0 unspecified atom stereocenters. The number of thioether (sulfide) groups is 1. The van der Waals surface area contributed by atoms with Crippen LogP contribution in [-0.4, -0.2) is 34.8 Å². The van der Waals surface area contributed by atoms with Gasteiger partial charge in [0.1, 0.15) is 11.5 Å². The summed E-state index contributed by atoms with van der Waals surface area (Å²) in [6.07, 6.45) is 0. The SMILES string of the molecule is CCOc1ccc2nc(NC(=O)CSc3nc4ccc(OCC)cc4s3)sc2c1. The lowest BCUT2D eigenvalue weighted by atomic mass is 10.3. The van der Waals surface area contributed by atoms with Crippen molar-refractivity contribution in [3.63, 3.8) is 0 Å². The maximum Gasteiger partial charge on any atom is 0.236 e. The zero-order valence-electron chi connectivity index (χ0n) is 15.9. The Labute approximate surface area is 180 Å². The van der Waals surface area contributed by atoms with E-state index in [1.165, 1.54) is 23.1 Å². The highest BCUT2D eigenvalue weighted by atomic mass is 32.2. The van der Waals surface area contributed by atoms with Crippen LogP contribution >= 0.6 is 34.4 Å². The number of hydrogen-bond donors (Lipinski definition) is 1. The molecule has 1 N–H and O–H groups in total. The van der Waals surface area contributed by atoms with Crippen LogP contribution in [0, 0.1) is 0 Å². The van der Waals surface area contributed by atoms with E-state index in [1.807, 2.05) is 50.2 Å². The third kappa shape index (κ3) is 4.80. The van der Waals surface area contributed by atoms with Gasteiger partial charge in [0.2, 0.25) is 5.91 Å². The first kappa shape index (κ1) is 19.9. The van der Waals surface area contributed by atoms with Crippen molar-refractivity contribution in [3.8, 4) is 11.5 Å². The molecule has 2 aromatic heterocycles. The number of fused-ring (bicyclic) bond motifs is 2. The Bertz CT molecular complexity index is 1160. The summed E-state index contributed by atoms with van der Waals surface area (Å²) in [5.74, 6) is 1.81. The average molecular weight is 446 g/mol. The van der Waals surface area contributed by atoms with E-state index in [1.54, 1.807) is 11.3 Å². The first-order chi connectivity index (χ1) is 14.1. The molecule has 0 atom stereocenters. The molecule has 0 fully saturated rings. The number of nitrogens with zero attached hydrogens (tertiary/aromatic N) is 2. The van der Waals surface area contributed by atoms with Crippen molar-refractivity contribution < 1.29 is 14.3 Å². The van der Waals surface area contributed by atoms with Crippen LogP contribution in [0.4, 0.5) is 5.13 Å². The first-order valence-corrected chi connectivity index (χ1v) is 11.8. The van der Waals surface area contributed by atoms with Crippen molar-refractivity contribution in [1.82, 2.24) is 9.97 Å². The van der Waals surface area contributed by atoms with Crippen molar-refractivity contribution >= 4 is 65.9 Å². The second-order valence-corrected chi connectivity index (χ2v) is 9.24. The highest BCUT2D eigenvalue weighted by molar-refractivity contribution is 8.01. The maximum atomic E-state index is 12.4. The second kappa shape index (κ2) is 8.98. The van der Waals surface area contributed by atoms with Gasteiger partial charge >= 0.3 is 0 Å². The van der Waals surface area contributed by atoms with E-state index >= 15 is 0 Å². The third-order valence-corrected chi connectivity index (χ3v) is 6.99. The monoisotopic (exact) mass is 445 g/mol. The lowest BCUT2D eigenvalue weighted by molar-refractivity contribution is -0.113. The molecule has 4 rings (SSSR count). The molecule has 9 heteroatoms. The minimum Gasteiger partial charge on any atom is -0.494 e. The Morgan fingerprint density at radius 3 is 2.24 bits per heavy atom. The molecule has 0 saturated heterocycles. The summed E-state index contributed by atoms with van der Waals surface area (Å²) in [6.45, 7) is 5.15. The van der Waals surface area contributed by atoms with Gasteiger partial charge < -0.3 is 14.8 Å². The number of carbonyl (C=O) groups excluding carboxylic acids is 1. The van der Waals surface area contributed by atoms with Crippen molar-refractivity contribution in [2.45, 2.75) is 18.2 Å². The van der Waals surface area contributed by atoms with Gasteiger partial charge in [-0.2, -0.15) is 0 Å². The molecule has 0 aliphatic rings. The molecule has 6 nitrogen and oxygen atoms in total. The summed E-state index contributed by atoms with van der Waals surface area (Å²) >= 11 is 4.42. The van der Waals surface area contributed by atoms with E-state index in [4.69, 9.17) is 9.47 Å². The van der Waals surface area contributed by atoms with Gasteiger partial charge in [-0.1, -0.05) is 23.1 Å². The molecule has 4 aromatic rings. The largest absolute Gasteiger partial charge is 0.494 e. The van der Waals surface area contributed by atoms with Crippen LogP contribution in [0.3, 0.4) is 0 Å². The van der Waals surface area contributed by atoms with Crippen LogP contribution < -0.4 is 14.8 Å². The fourth-order valence-corrected chi connectivity index (χ4v) is 5.51. The molecule has 150 valence electrons. The van der Waals surface area contributed by atoms with Crippen LogP contribution in [0.1, 0.15) is 13.8 Å². The minimum absolute atomic E-state index is 0.103. The Kier molecular flexibility index (Phi) is 6.17. The average Bonchev–Trinajstić information content (AvgIpc) is 3.29. The molecular weight excluding hydrogens is 426 g/mol. The fourth-order valence-electron chi connectivity index (χ4n) is 2.70. The quantitative estimate of drug-likeness (QED) is 0.364. The number of anilines is 1. The summed E-state index contributed by atoms with van der Waals surface area (Å²) in [7, 11) is 0. The number of thiazole rings is 2. The van der Waals surface area contributed by atoms with E-state index in [9.17, 15) is 4.79 Å². The molecule has 0 spiro atoms. The summed E-state index contributed by atoms with van der Waals surface area (Å²) in [4.78, 5) is 21.4. The van der Waals surface area contributed by atoms with Crippen molar-refractivity contribution in [2.24, 2.45) is 0 Å². The van der Waals surface area contributed by atoms with Gasteiger partial charge in [0, 0.05) is 0 Å². The highest BCUT2D eigenvalue weighted by Crippen LogP contribution is 2.33. The number of carbonyl (C=O) groups is 1. The first-order valence-electron chi connectivity index (χ1n) is 9.14. The van der Waals surface area contributed by atoms with Gasteiger partial charge in [0.05, 0.1) is 39.4 Å². The van der Waals surface area contributed by atoms with E-state index in [0.29, 0.717) is 18.3 Å². The lowest BCUT2D eigenvalue weighted by Gasteiger charge is -2.00. The zero-order chi connectivity index (χ0) is 20.2. The molecule has 2 heterocycles. The summed E-state index contributed by atoms with van der Waals surface area (Å²) in [6, 6.07) is 11.6. The van der Waals surface area contributed by atoms with Crippen LogP contribution in [-0.2, 0) is 4.79 Å². The molecule has 0 radical (unpaired) electrons. The van der Waals surface area contributed by atoms with Gasteiger partial charge in [0.15, 0.2) is 9.47 Å². The predicted molar refractivity (Wildman–Crippen MR) is 121 cm³/mol. The normalized spacial score (nSPS) is 11.1. The summed E-state index contributed by atoms with van der Waals surface area (Å²) in [5.41, 5.74) is 1.76. The Morgan fingerprint density at radius 2 is 1.59 bits per heavy atom. The molecule has 1 amide bonds. The van der Waals surface area contributed by atoms with Crippen LogP contribution in [0.5, 0.6) is 11.5 Å². The van der Waals surface area contributed by atoms with E-state index < -0.39 is 0 Å². The van der Waals surface area contributed by atoms with Gasteiger partial charge in [-0.15, -0.1) is 11.3 Å². The van der Waals surface area contributed by atoms with E-state index in [0.717, 1.165) is 36.3 Å². The predicted octanol–water partition coefficient (Wildman–Crippen LogP) is 5.43. The van der Waals surface area contributed by atoms with Crippen LogP contribution in [0.2, 0.25) is 0 Å². The number of benzene rings is 2. The Hall–Kier alpha value is -2.36. The lowest BCUT2D eigenvalue weighted by Crippen LogP contribution is -2.13. The number of amides is 1. The van der Waals surface area contributed by atoms with Gasteiger partial charge in [-0.3, -0.25) is 4.79 Å². The van der Waals surface area contributed by atoms with Crippen LogP contribution in [0.15, 0.2) is 40.7 Å². The van der Waals surface area contributed by atoms with Crippen molar-refractivity contribution in [3.05, 3.63) is 36.4 Å². The Balaban J connectivity index is 1.38. The van der Waals surface area contributed by atoms with Crippen LogP contribution in [0.25, 0.3) is 20.4 Å². The molecule has 0 bridgehead atoms. The highest BCUT2D eigenvalue weighted by Gasteiger charge is 2.12. The van der Waals surface area contributed by atoms with E-state index in [-0.39, 0.29) is 11.7 Å². The summed E-state index contributed by atoms with van der Waals surface area (Å²) in [5, 5.41) is 3.46. The van der Waals surface area contributed by atoms with Gasteiger partial charge in [-0.05, 0) is 50.2 Å².